The minimum absolute atomic E-state index is 0. The van der Waals surface area contributed by atoms with Gasteiger partial charge in [0.1, 0.15) is 0 Å². The zero-order valence-corrected chi connectivity index (χ0v) is 8.48. The van der Waals surface area contributed by atoms with Crippen LogP contribution in [0.2, 0.25) is 0 Å². The summed E-state index contributed by atoms with van der Waals surface area (Å²) in [7, 11) is -2.69. The van der Waals surface area contributed by atoms with Gasteiger partial charge in [0.15, 0.2) is 7.37 Å². The summed E-state index contributed by atoms with van der Waals surface area (Å²) < 4.78 is 10.9. The van der Waals surface area contributed by atoms with E-state index in [4.69, 9.17) is 4.89 Å². The van der Waals surface area contributed by atoms with Crippen LogP contribution in [0.4, 0.5) is 0 Å². The third-order valence-electron chi connectivity index (χ3n) is 1.36. The van der Waals surface area contributed by atoms with Crippen molar-refractivity contribution in [2.24, 2.45) is 0 Å². The maximum absolute atomic E-state index is 10.9. The molecular weight excluding hydrogens is 191 g/mol. The molecule has 0 aliphatic rings. The smallest absolute Gasteiger partial charge is 0.200 e. The van der Waals surface area contributed by atoms with Crippen LogP contribution in [-0.2, 0) is 21.6 Å². The van der Waals surface area contributed by atoms with Gasteiger partial charge in [0.25, 0.3) is 0 Å². The molecule has 64 valence electrons. The van der Waals surface area contributed by atoms with Crippen LogP contribution in [0.1, 0.15) is 26.7 Å². The number of hydrogen-bond donors (Lipinski definition) is 1. The molecular formula is C6H15FeO2P. The van der Waals surface area contributed by atoms with Gasteiger partial charge in [-0.2, -0.15) is 0 Å². The van der Waals surface area contributed by atoms with E-state index in [9.17, 15) is 4.57 Å². The molecule has 0 bridgehead atoms. The first-order valence-corrected chi connectivity index (χ1v) is 5.46. The maximum Gasteiger partial charge on any atom is 0.200 e. The van der Waals surface area contributed by atoms with Crippen molar-refractivity contribution >= 4 is 7.37 Å². The Kier molecular flexibility index (Phi) is 8.55. The van der Waals surface area contributed by atoms with Crippen molar-refractivity contribution in [3.05, 3.63) is 0 Å². The van der Waals surface area contributed by atoms with Crippen LogP contribution in [0.15, 0.2) is 0 Å². The van der Waals surface area contributed by atoms with Crippen LogP contribution < -0.4 is 0 Å². The van der Waals surface area contributed by atoms with E-state index < -0.39 is 7.37 Å². The molecule has 1 N–H and O–H groups in total. The Bertz CT molecular complexity index is 116. The van der Waals surface area contributed by atoms with Crippen LogP contribution in [0.5, 0.6) is 0 Å². The molecule has 0 heterocycles. The topological polar surface area (TPSA) is 37.3 Å². The van der Waals surface area contributed by atoms with Crippen LogP contribution in [-0.4, -0.2) is 17.2 Å². The van der Waals surface area contributed by atoms with Gasteiger partial charge in [-0.3, -0.25) is 4.57 Å². The number of unbranched alkanes of at least 4 members (excludes halogenated alkanes) is 1. The minimum Gasteiger partial charge on any atom is -0.344 e. The molecule has 1 unspecified atom stereocenters. The van der Waals surface area contributed by atoms with Crippen molar-refractivity contribution in [3.63, 3.8) is 0 Å². The van der Waals surface area contributed by atoms with E-state index >= 15 is 0 Å². The first-order chi connectivity index (χ1) is 4.12. The molecule has 0 spiro atoms. The Labute approximate surface area is 73.3 Å². The summed E-state index contributed by atoms with van der Waals surface area (Å²) in [5, 5.41) is 0. The second-order valence-corrected chi connectivity index (χ2v) is 5.01. The van der Waals surface area contributed by atoms with Crippen LogP contribution in [0.3, 0.4) is 0 Å². The number of rotatable bonds is 4. The molecule has 0 rings (SSSR count). The van der Waals surface area contributed by atoms with Crippen molar-refractivity contribution in [2.45, 2.75) is 26.7 Å². The summed E-state index contributed by atoms with van der Waals surface area (Å²) in [6.45, 7) is 3.78. The molecule has 4 heteroatoms. The maximum atomic E-state index is 10.9. The largest absolute Gasteiger partial charge is 0.344 e. The molecule has 0 aliphatic carbocycles. The number of hydrogen-bond acceptors (Lipinski definition) is 1. The Morgan fingerprint density at radius 3 is 2.20 bits per heavy atom. The Morgan fingerprint density at radius 2 is 1.90 bits per heavy atom. The third-order valence-corrected chi connectivity index (χ3v) is 3.36. The fourth-order valence-corrected chi connectivity index (χ4v) is 1.69. The molecule has 0 radical (unpaired) electrons. The van der Waals surface area contributed by atoms with Gasteiger partial charge in [-0.15, -0.1) is 0 Å². The van der Waals surface area contributed by atoms with Gasteiger partial charge < -0.3 is 4.89 Å². The first kappa shape index (κ1) is 13.3. The van der Waals surface area contributed by atoms with E-state index in [-0.39, 0.29) is 17.1 Å². The minimum atomic E-state index is -2.69. The summed E-state index contributed by atoms with van der Waals surface area (Å²) >= 11 is 0. The summed E-state index contributed by atoms with van der Waals surface area (Å²) in [5.41, 5.74) is 0. The van der Waals surface area contributed by atoms with Crippen LogP contribution >= 0.6 is 7.37 Å². The molecule has 0 saturated heterocycles. The van der Waals surface area contributed by atoms with E-state index in [1.54, 1.807) is 6.92 Å². The molecule has 0 aromatic rings. The van der Waals surface area contributed by atoms with Gasteiger partial charge in [0.2, 0.25) is 0 Å². The SMILES string of the molecule is CCCCP(=O)(O)CC.[Fe]. The Morgan fingerprint density at radius 1 is 1.40 bits per heavy atom. The van der Waals surface area contributed by atoms with Gasteiger partial charge in [-0.05, 0) is 6.42 Å². The molecule has 0 fully saturated rings. The summed E-state index contributed by atoms with van der Waals surface area (Å²) in [4.78, 5) is 9.01. The van der Waals surface area contributed by atoms with E-state index in [1.165, 1.54) is 0 Å². The molecule has 2 nitrogen and oxygen atoms in total. The van der Waals surface area contributed by atoms with Gasteiger partial charge >= 0.3 is 0 Å². The van der Waals surface area contributed by atoms with Crippen molar-refractivity contribution in [3.8, 4) is 0 Å². The monoisotopic (exact) mass is 206 g/mol. The molecule has 0 amide bonds. The van der Waals surface area contributed by atoms with E-state index in [2.05, 4.69) is 0 Å². The first-order valence-electron chi connectivity index (χ1n) is 3.43. The quantitative estimate of drug-likeness (QED) is 0.564. The van der Waals surface area contributed by atoms with Crippen LogP contribution in [0, 0.1) is 0 Å². The second-order valence-electron chi connectivity index (χ2n) is 2.24. The van der Waals surface area contributed by atoms with E-state index in [0.717, 1.165) is 12.8 Å². The van der Waals surface area contributed by atoms with Gasteiger partial charge in [-0.1, -0.05) is 20.3 Å². The average Bonchev–Trinajstić information content (AvgIpc) is 1.84. The normalized spacial score (nSPS) is 15.5. The molecule has 0 saturated carbocycles. The summed E-state index contributed by atoms with van der Waals surface area (Å²) in [5.74, 6) is 0. The molecule has 1 atom stereocenters. The van der Waals surface area contributed by atoms with Crippen molar-refractivity contribution in [1.82, 2.24) is 0 Å². The fraction of sp³-hybridized carbons (Fsp3) is 1.00. The van der Waals surface area contributed by atoms with Crippen LogP contribution in [0.25, 0.3) is 0 Å². The second kappa shape index (κ2) is 6.42. The standard InChI is InChI=1S/C6H15O2P.Fe/c1-3-5-6-9(7,8)4-2;/h3-6H2,1-2H3,(H,7,8);. The predicted octanol–water partition coefficient (Wildman–Crippen LogP) is 2.07. The van der Waals surface area contributed by atoms with Gasteiger partial charge in [-0.25, -0.2) is 0 Å². The molecule has 0 aromatic heterocycles. The molecule has 0 aliphatic heterocycles. The van der Waals surface area contributed by atoms with Crippen molar-refractivity contribution in [1.29, 1.82) is 0 Å². The summed E-state index contributed by atoms with van der Waals surface area (Å²) in [6, 6.07) is 0. The fourth-order valence-electron chi connectivity index (χ4n) is 0.563. The predicted molar refractivity (Wildman–Crippen MR) is 40.1 cm³/mol. The Balaban J connectivity index is 0. The zero-order chi connectivity index (χ0) is 7.33. The molecule has 10 heavy (non-hydrogen) atoms. The van der Waals surface area contributed by atoms with Crippen molar-refractivity contribution < 1.29 is 26.5 Å². The van der Waals surface area contributed by atoms with Gasteiger partial charge in [0, 0.05) is 29.4 Å². The van der Waals surface area contributed by atoms with E-state index in [1.807, 2.05) is 6.92 Å². The zero-order valence-electron chi connectivity index (χ0n) is 6.48. The summed E-state index contributed by atoms with van der Waals surface area (Å²) in [6.07, 6.45) is 2.80. The van der Waals surface area contributed by atoms with E-state index in [0.29, 0.717) is 12.3 Å². The Hall–Kier alpha value is 0.709. The molecule has 0 aromatic carbocycles. The van der Waals surface area contributed by atoms with Crippen molar-refractivity contribution in [2.75, 3.05) is 12.3 Å². The third kappa shape index (κ3) is 6.82. The van der Waals surface area contributed by atoms with Gasteiger partial charge in [0.05, 0.1) is 0 Å². The average molecular weight is 206 g/mol.